The fourth-order valence-corrected chi connectivity index (χ4v) is 3.44. The maximum atomic E-state index is 12.5. The molecule has 1 aliphatic rings. The van der Waals surface area contributed by atoms with E-state index >= 15 is 0 Å². The number of urea groups is 1. The number of amides is 2. The van der Waals surface area contributed by atoms with Crippen LogP contribution in [0.3, 0.4) is 0 Å². The molecule has 1 saturated heterocycles. The molecular weight excluding hydrogens is 304 g/mol. The highest BCUT2D eigenvalue weighted by atomic mass is 16.5. The highest BCUT2D eigenvalue weighted by Gasteiger charge is 2.30. The van der Waals surface area contributed by atoms with Crippen LogP contribution in [0.15, 0.2) is 30.3 Å². The lowest BCUT2D eigenvalue weighted by molar-refractivity contribution is -0.0835. The Morgan fingerprint density at radius 1 is 1.38 bits per heavy atom. The number of nitrogens with one attached hydrogen (secondary N) is 1. The first-order valence-electron chi connectivity index (χ1n) is 8.69. The third kappa shape index (κ3) is 4.95. The van der Waals surface area contributed by atoms with Crippen LogP contribution >= 0.6 is 0 Å². The van der Waals surface area contributed by atoms with Crippen LogP contribution in [0.1, 0.15) is 39.7 Å². The van der Waals surface area contributed by atoms with Gasteiger partial charge in [-0.3, -0.25) is 0 Å². The predicted octanol–water partition coefficient (Wildman–Crippen LogP) is 2.53. The summed E-state index contributed by atoms with van der Waals surface area (Å²) in [6, 6.07) is 10.3. The Hall–Kier alpha value is -1.59. The topological polar surface area (TPSA) is 61.8 Å². The van der Waals surface area contributed by atoms with Crippen molar-refractivity contribution in [2.45, 2.75) is 57.8 Å². The zero-order valence-electron chi connectivity index (χ0n) is 15.2. The molecule has 2 N–H and O–H groups in total. The summed E-state index contributed by atoms with van der Waals surface area (Å²) in [4.78, 5) is 14.3. The summed E-state index contributed by atoms with van der Waals surface area (Å²) in [5, 5.41) is 12.4. The van der Waals surface area contributed by atoms with Crippen molar-refractivity contribution in [2.24, 2.45) is 0 Å². The lowest BCUT2D eigenvalue weighted by atomic mass is 9.79. The zero-order chi connectivity index (χ0) is 17.7. The number of nitrogens with zero attached hydrogens (tertiary/aromatic N) is 1. The molecule has 1 aromatic carbocycles. The van der Waals surface area contributed by atoms with E-state index in [2.05, 4.69) is 31.3 Å². The first kappa shape index (κ1) is 18.7. The number of rotatable bonds is 5. The van der Waals surface area contributed by atoms with Gasteiger partial charge in [-0.1, -0.05) is 44.2 Å². The van der Waals surface area contributed by atoms with E-state index in [1.165, 1.54) is 5.56 Å². The lowest BCUT2D eigenvalue weighted by Crippen LogP contribution is -2.54. The number of carbonyl (C=O) groups is 1. The highest BCUT2D eigenvalue weighted by molar-refractivity contribution is 5.74. The second-order valence-electron chi connectivity index (χ2n) is 7.46. The number of hydrogen-bond donors (Lipinski definition) is 2. The molecule has 1 fully saturated rings. The number of ether oxygens (including phenoxy) is 1. The van der Waals surface area contributed by atoms with Gasteiger partial charge in [0.25, 0.3) is 0 Å². The molecule has 0 unspecified atom stereocenters. The van der Waals surface area contributed by atoms with Gasteiger partial charge in [0.15, 0.2) is 0 Å². The SMILES string of the molecule is C[C@H](CC(C)(C)c1ccccc1)NC(=O)N1C[C@@H](CO)O[C@H](C)C1. The Kier molecular flexibility index (Phi) is 6.24. The van der Waals surface area contributed by atoms with E-state index in [1.54, 1.807) is 4.90 Å². The van der Waals surface area contributed by atoms with Gasteiger partial charge < -0.3 is 20.1 Å². The molecule has 2 amide bonds. The first-order chi connectivity index (χ1) is 11.3. The molecule has 1 aromatic rings. The molecule has 0 saturated carbocycles. The number of aliphatic hydroxyl groups is 1. The maximum Gasteiger partial charge on any atom is 0.317 e. The summed E-state index contributed by atoms with van der Waals surface area (Å²) in [5.41, 5.74) is 1.26. The lowest BCUT2D eigenvalue weighted by Gasteiger charge is -2.37. The summed E-state index contributed by atoms with van der Waals surface area (Å²) in [6.07, 6.45) is 0.500. The van der Waals surface area contributed by atoms with Crippen LogP contribution in [0.4, 0.5) is 4.79 Å². The van der Waals surface area contributed by atoms with Crippen molar-refractivity contribution in [2.75, 3.05) is 19.7 Å². The van der Waals surface area contributed by atoms with Crippen molar-refractivity contribution in [3.63, 3.8) is 0 Å². The Balaban J connectivity index is 1.91. The average Bonchev–Trinajstić information content (AvgIpc) is 2.54. The molecule has 0 aliphatic carbocycles. The van der Waals surface area contributed by atoms with Crippen molar-refractivity contribution in [3.05, 3.63) is 35.9 Å². The Labute approximate surface area is 145 Å². The molecule has 3 atom stereocenters. The van der Waals surface area contributed by atoms with Gasteiger partial charge in [-0.15, -0.1) is 0 Å². The third-order valence-corrected chi connectivity index (χ3v) is 4.56. The summed E-state index contributed by atoms with van der Waals surface area (Å²) in [7, 11) is 0. The maximum absolute atomic E-state index is 12.5. The molecule has 0 aromatic heterocycles. The summed E-state index contributed by atoms with van der Waals surface area (Å²) >= 11 is 0. The van der Waals surface area contributed by atoms with Gasteiger partial charge in [-0.25, -0.2) is 4.79 Å². The molecule has 5 heteroatoms. The Morgan fingerprint density at radius 3 is 2.67 bits per heavy atom. The van der Waals surface area contributed by atoms with Crippen molar-refractivity contribution < 1.29 is 14.6 Å². The average molecular weight is 334 g/mol. The number of benzene rings is 1. The standard InChI is InChI=1S/C19H30N2O3/c1-14(10-19(3,4)16-8-6-5-7-9-16)20-18(23)21-11-15(2)24-17(12-21)13-22/h5-9,14-15,17,22H,10-13H2,1-4H3,(H,20,23)/t14-,15-,17+/m1/s1. The van der Waals surface area contributed by atoms with E-state index in [4.69, 9.17) is 4.74 Å². The van der Waals surface area contributed by atoms with Crippen molar-refractivity contribution in [1.82, 2.24) is 10.2 Å². The van der Waals surface area contributed by atoms with Gasteiger partial charge in [0.2, 0.25) is 0 Å². The van der Waals surface area contributed by atoms with Crippen molar-refractivity contribution in [3.8, 4) is 0 Å². The Morgan fingerprint density at radius 2 is 2.04 bits per heavy atom. The van der Waals surface area contributed by atoms with Crippen LogP contribution < -0.4 is 5.32 Å². The van der Waals surface area contributed by atoms with Crippen LogP contribution in [0.2, 0.25) is 0 Å². The van der Waals surface area contributed by atoms with Crippen LogP contribution in [0.5, 0.6) is 0 Å². The number of morpholine rings is 1. The molecule has 5 nitrogen and oxygen atoms in total. The van der Waals surface area contributed by atoms with E-state index in [9.17, 15) is 9.90 Å². The Bertz CT molecular complexity index is 533. The minimum Gasteiger partial charge on any atom is -0.394 e. The summed E-state index contributed by atoms with van der Waals surface area (Å²) in [6.45, 7) is 9.27. The largest absolute Gasteiger partial charge is 0.394 e. The van der Waals surface area contributed by atoms with Gasteiger partial charge in [-0.05, 0) is 31.2 Å². The van der Waals surface area contributed by atoms with Gasteiger partial charge in [0, 0.05) is 12.6 Å². The molecule has 0 bridgehead atoms. The van der Waals surface area contributed by atoms with E-state index in [-0.39, 0.29) is 36.3 Å². The second kappa shape index (κ2) is 7.99. The number of carbonyl (C=O) groups excluding carboxylic acids is 1. The number of aliphatic hydroxyl groups excluding tert-OH is 1. The fraction of sp³-hybridized carbons (Fsp3) is 0.632. The minimum absolute atomic E-state index is 0.0140. The zero-order valence-corrected chi connectivity index (χ0v) is 15.2. The van der Waals surface area contributed by atoms with E-state index in [1.807, 2.05) is 32.0 Å². The van der Waals surface area contributed by atoms with Crippen molar-refractivity contribution >= 4 is 6.03 Å². The highest BCUT2D eigenvalue weighted by Crippen LogP contribution is 2.28. The van der Waals surface area contributed by atoms with Crippen LogP contribution in [-0.4, -0.2) is 54.0 Å². The predicted molar refractivity (Wildman–Crippen MR) is 95.1 cm³/mol. The van der Waals surface area contributed by atoms with E-state index < -0.39 is 0 Å². The molecule has 0 spiro atoms. The van der Waals surface area contributed by atoms with Crippen LogP contribution in [-0.2, 0) is 10.2 Å². The van der Waals surface area contributed by atoms with Gasteiger partial charge in [0.05, 0.1) is 25.4 Å². The van der Waals surface area contributed by atoms with Crippen LogP contribution in [0, 0.1) is 0 Å². The van der Waals surface area contributed by atoms with Gasteiger partial charge >= 0.3 is 6.03 Å². The molecular formula is C19H30N2O3. The smallest absolute Gasteiger partial charge is 0.317 e. The molecule has 134 valence electrons. The minimum atomic E-state index is -0.296. The monoisotopic (exact) mass is 334 g/mol. The molecule has 1 aliphatic heterocycles. The van der Waals surface area contributed by atoms with Gasteiger partial charge in [0.1, 0.15) is 0 Å². The normalized spacial score (nSPS) is 23.0. The molecule has 0 radical (unpaired) electrons. The van der Waals surface area contributed by atoms with E-state index in [0.29, 0.717) is 13.1 Å². The summed E-state index contributed by atoms with van der Waals surface area (Å²) < 4.78 is 5.59. The summed E-state index contributed by atoms with van der Waals surface area (Å²) in [5.74, 6) is 0. The third-order valence-electron chi connectivity index (χ3n) is 4.56. The number of hydrogen-bond acceptors (Lipinski definition) is 3. The molecule has 24 heavy (non-hydrogen) atoms. The van der Waals surface area contributed by atoms with Crippen LogP contribution in [0.25, 0.3) is 0 Å². The van der Waals surface area contributed by atoms with E-state index in [0.717, 1.165) is 6.42 Å². The fourth-order valence-electron chi connectivity index (χ4n) is 3.44. The van der Waals surface area contributed by atoms with Crippen molar-refractivity contribution in [1.29, 1.82) is 0 Å². The second-order valence-corrected chi connectivity index (χ2v) is 7.46. The first-order valence-corrected chi connectivity index (χ1v) is 8.69. The van der Waals surface area contributed by atoms with Gasteiger partial charge in [-0.2, -0.15) is 0 Å². The quantitative estimate of drug-likeness (QED) is 0.870. The molecule has 2 rings (SSSR count). The molecule has 1 heterocycles.